The molecule has 0 amide bonds. The minimum atomic E-state index is 0.325. The first kappa shape index (κ1) is 11.3. The van der Waals surface area contributed by atoms with E-state index in [1.807, 2.05) is 6.92 Å². The molecule has 0 saturated carbocycles. The van der Waals surface area contributed by atoms with E-state index < -0.39 is 0 Å². The first-order valence-electron chi connectivity index (χ1n) is 6.16. The molecule has 6 heteroatoms. The third kappa shape index (κ3) is 2.24. The van der Waals surface area contributed by atoms with Crippen molar-refractivity contribution in [1.29, 1.82) is 0 Å². The number of aromatic nitrogens is 4. The Kier molecular flexibility index (Phi) is 3.02. The van der Waals surface area contributed by atoms with Crippen LogP contribution in [0.15, 0.2) is 16.8 Å². The Hall–Kier alpha value is -1.82. The molecule has 1 atom stereocenters. The van der Waals surface area contributed by atoms with Crippen LogP contribution >= 0.6 is 0 Å². The van der Waals surface area contributed by atoms with Gasteiger partial charge in [-0.25, -0.2) is 9.97 Å². The lowest BCUT2D eigenvalue weighted by atomic mass is 10.00. The van der Waals surface area contributed by atoms with Gasteiger partial charge < -0.3 is 9.73 Å². The van der Waals surface area contributed by atoms with E-state index in [2.05, 4.69) is 25.5 Å². The van der Waals surface area contributed by atoms with Crippen molar-refractivity contribution in [2.45, 2.75) is 25.7 Å². The van der Waals surface area contributed by atoms with E-state index in [1.165, 1.54) is 0 Å². The predicted octanol–water partition coefficient (Wildman–Crippen LogP) is 1.30. The molecular formula is C12H15N5O. The van der Waals surface area contributed by atoms with Crippen molar-refractivity contribution in [3.05, 3.63) is 24.1 Å². The van der Waals surface area contributed by atoms with E-state index in [1.54, 1.807) is 12.4 Å². The van der Waals surface area contributed by atoms with E-state index >= 15 is 0 Å². The number of rotatable bonds is 2. The highest BCUT2D eigenvalue weighted by molar-refractivity contribution is 5.48. The van der Waals surface area contributed by atoms with Crippen LogP contribution in [0, 0.1) is 6.92 Å². The second-order valence-corrected chi connectivity index (χ2v) is 4.51. The topological polar surface area (TPSA) is 76.7 Å². The zero-order valence-corrected chi connectivity index (χ0v) is 10.3. The Labute approximate surface area is 105 Å². The maximum atomic E-state index is 5.71. The van der Waals surface area contributed by atoms with Gasteiger partial charge in [0.05, 0.1) is 5.56 Å². The SMILES string of the molecule is Cc1ncc(-c2nnc([C@H]3CCCNC3)o2)cn1. The fourth-order valence-electron chi connectivity index (χ4n) is 2.08. The molecule has 3 rings (SSSR count). The van der Waals surface area contributed by atoms with Gasteiger partial charge in [-0.15, -0.1) is 10.2 Å². The van der Waals surface area contributed by atoms with Crippen LogP contribution < -0.4 is 5.32 Å². The Balaban J connectivity index is 1.82. The number of piperidine rings is 1. The monoisotopic (exact) mass is 245 g/mol. The van der Waals surface area contributed by atoms with Crippen molar-refractivity contribution >= 4 is 0 Å². The first-order valence-corrected chi connectivity index (χ1v) is 6.16. The summed E-state index contributed by atoms with van der Waals surface area (Å²) in [6.07, 6.45) is 5.66. The summed E-state index contributed by atoms with van der Waals surface area (Å²) in [7, 11) is 0. The van der Waals surface area contributed by atoms with Gasteiger partial charge in [-0.05, 0) is 26.3 Å². The Bertz CT molecular complexity index is 516. The molecule has 0 unspecified atom stereocenters. The van der Waals surface area contributed by atoms with Crippen molar-refractivity contribution in [1.82, 2.24) is 25.5 Å². The van der Waals surface area contributed by atoms with Crippen LogP contribution in [0.3, 0.4) is 0 Å². The number of hydrogen-bond donors (Lipinski definition) is 1. The summed E-state index contributed by atoms with van der Waals surface area (Å²) in [6.45, 7) is 3.83. The molecule has 6 nitrogen and oxygen atoms in total. The van der Waals surface area contributed by atoms with Crippen molar-refractivity contribution in [2.75, 3.05) is 13.1 Å². The van der Waals surface area contributed by atoms with Crippen LogP contribution in [0.25, 0.3) is 11.5 Å². The Morgan fingerprint density at radius 2 is 2.11 bits per heavy atom. The van der Waals surface area contributed by atoms with Crippen LogP contribution in [0.2, 0.25) is 0 Å². The average Bonchev–Trinajstić information content (AvgIpc) is 2.90. The fourth-order valence-corrected chi connectivity index (χ4v) is 2.08. The van der Waals surface area contributed by atoms with Crippen molar-refractivity contribution in [3.63, 3.8) is 0 Å². The Morgan fingerprint density at radius 1 is 1.28 bits per heavy atom. The lowest BCUT2D eigenvalue weighted by Crippen LogP contribution is -2.28. The summed E-state index contributed by atoms with van der Waals surface area (Å²) in [5, 5.41) is 11.5. The van der Waals surface area contributed by atoms with Gasteiger partial charge in [0.1, 0.15) is 5.82 Å². The number of nitrogens with zero attached hydrogens (tertiary/aromatic N) is 4. The normalized spacial score (nSPS) is 19.9. The highest BCUT2D eigenvalue weighted by Gasteiger charge is 2.21. The molecule has 1 aliphatic heterocycles. The van der Waals surface area contributed by atoms with Crippen LogP contribution in [-0.2, 0) is 0 Å². The average molecular weight is 245 g/mol. The minimum Gasteiger partial charge on any atom is -0.420 e. The lowest BCUT2D eigenvalue weighted by Gasteiger charge is -2.18. The van der Waals surface area contributed by atoms with E-state index in [0.29, 0.717) is 17.7 Å². The molecule has 0 aliphatic carbocycles. The molecule has 1 N–H and O–H groups in total. The third-order valence-electron chi connectivity index (χ3n) is 3.11. The van der Waals surface area contributed by atoms with Gasteiger partial charge in [0.2, 0.25) is 5.89 Å². The molecule has 2 aromatic heterocycles. The van der Waals surface area contributed by atoms with Gasteiger partial charge in [-0.3, -0.25) is 0 Å². The molecule has 1 fully saturated rings. The zero-order chi connectivity index (χ0) is 12.4. The van der Waals surface area contributed by atoms with Crippen molar-refractivity contribution < 1.29 is 4.42 Å². The van der Waals surface area contributed by atoms with Crippen LogP contribution in [0.5, 0.6) is 0 Å². The molecule has 0 radical (unpaired) electrons. The van der Waals surface area contributed by atoms with Gasteiger partial charge in [0.25, 0.3) is 5.89 Å². The molecule has 0 bridgehead atoms. The quantitative estimate of drug-likeness (QED) is 0.859. The standard InChI is InChI=1S/C12H15N5O/c1-8-14-6-10(7-15-8)12-17-16-11(18-12)9-3-2-4-13-5-9/h6-7,9,13H,2-5H2,1H3/t9-/m0/s1. The second kappa shape index (κ2) is 4.81. The first-order chi connectivity index (χ1) is 8.83. The molecule has 0 aromatic carbocycles. The van der Waals surface area contributed by atoms with E-state index in [0.717, 1.165) is 37.3 Å². The van der Waals surface area contributed by atoms with Gasteiger partial charge in [0.15, 0.2) is 0 Å². The summed E-state index contributed by atoms with van der Waals surface area (Å²) < 4.78 is 5.71. The molecule has 0 spiro atoms. The third-order valence-corrected chi connectivity index (χ3v) is 3.11. The van der Waals surface area contributed by atoms with E-state index in [9.17, 15) is 0 Å². The molecule has 2 aromatic rings. The largest absolute Gasteiger partial charge is 0.420 e. The molecular weight excluding hydrogens is 230 g/mol. The van der Waals surface area contributed by atoms with Gasteiger partial charge in [0, 0.05) is 24.9 Å². The molecule has 1 aliphatic rings. The van der Waals surface area contributed by atoms with Crippen LogP contribution in [0.1, 0.15) is 30.5 Å². The Morgan fingerprint density at radius 3 is 2.83 bits per heavy atom. The summed E-state index contributed by atoms with van der Waals surface area (Å²) >= 11 is 0. The predicted molar refractivity (Wildman–Crippen MR) is 64.9 cm³/mol. The zero-order valence-electron chi connectivity index (χ0n) is 10.3. The van der Waals surface area contributed by atoms with Crippen molar-refractivity contribution in [3.8, 4) is 11.5 Å². The van der Waals surface area contributed by atoms with Crippen LogP contribution in [-0.4, -0.2) is 33.3 Å². The highest BCUT2D eigenvalue weighted by Crippen LogP contribution is 2.24. The van der Waals surface area contributed by atoms with E-state index in [4.69, 9.17) is 4.42 Å². The molecule has 3 heterocycles. The molecule has 18 heavy (non-hydrogen) atoms. The molecule has 94 valence electrons. The molecule has 1 saturated heterocycles. The summed E-state index contributed by atoms with van der Waals surface area (Å²) in [5.74, 6) is 2.26. The van der Waals surface area contributed by atoms with Gasteiger partial charge in [-0.1, -0.05) is 0 Å². The lowest BCUT2D eigenvalue weighted by molar-refractivity contribution is 0.380. The minimum absolute atomic E-state index is 0.325. The summed E-state index contributed by atoms with van der Waals surface area (Å²) in [6, 6.07) is 0. The number of aryl methyl sites for hydroxylation is 1. The number of hydrogen-bond acceptors (Lipinski definition) is 6. The maximum Gasteiger partial charge on any atom is 0.250 e. The summed E-state index contributed by atoms with van der Waals surface area (Å²) in [4.78, 5) is 8.25. The summed E-state index contributed by atoms with van der Waals surface area (Å²) in [5.41, 5.74) is 0.767. The number of nitrogens with one attached hydrogen (secondary N) is 1. The highest BCUT2D eigenvalue weighted by atomic mass is 16.4. The van der Waals surface area contributed by atoms with E-state index in [-0.39, 0.29) is 0 Å². The smallest absolute Gasteiger partial charge is 0.250 e. The van der Waals surface area contributed by atoms with Gasteiger partial charge >= 0.3 is 0 Å². The van der Waals surface area contributed by atoms with Gasteiger partial charge in [-0.2, -0.15) is 0 Å². The maximum absolute atomic E-state index is 5.71. The second-order valence-electron chi connectivity index (χ2n) is 4.51. The fraction of sp³-hybridized carbons (Fsp3) is 0.500. The van der Waals surface area contributed by atoms with Crippen molar-refractivity contribution in [2.24, 2.45) is 0 Å². The van der Waals surface area contributed by atoms with Crippen LogP contribution in [0.4, 0.5) is 0 Å².